The smallest absolute Gasteiger partial charge is 0.136 e. The summed E-state index contributed by atoms with van der Waals surface area (Å²) in [5.41, 5.74) is 11.5. The molecule has 10 aromatic rings. The fourth-order valence-corrected chi connectivity index (χ4v) is 7.36. The first-order chi connectivity index (χ1) is 24.3. The molecule has 0 radical (unpaired) electrons. The number of hydrogen-bond acceptors (Lipinski definition) is 3. The third-order valence-corrected chi connectivity index (χ3v) is 9.65. The van der Waals surface area contributed by atoms with Gasteiger partial charge in [0.1, 0.15) is 22.3 Å². The predicted octanol–water partition coefficient (Wildman–Crippen LogP) is 13.4. The van der Waals surface area contributed by atoms with E-state index in [0.29, 0.717) is 0 Å². The quantitative estimate of drug-likeness (QED) is 0.190. The van der Waals surface area contributed by atoms with Crippen LogP contribution in [0.4, 0.5) is 17.1 Å². The van der Waals surface area contributed by atoms with E-state index >= 15 is 0 Å². The first kappa shape index (κ1) is 27.5. The maximum atomic E-state index is 6.29. The lowest BCUT2D eigenvalue weighted by Gasteiger charge is -2.27. The summed E-state index contributed by atoms with van der Waals surface area (Å²) in [5, 5.41) is 6.77. The fraction of sp³-hybridized carbons (Fsp3) is 0. The topological polar surface area (TPSA) is 29.5 Å². The van der Waals surface area contributed by atoms with E-state index in [-0.39, 0.29) is 0 Å². The van der Waals surface area contributed by atoms with Crippen LogP contribution in [-0.2, 0) is 0 Å². The zero-order chi connectivity index (χ0) is 32.3. The monoisotopic (exact) mass is 627 g/mol. The molecule has 0 saturated heterocycles. The van der Waals surface area contributed by atoms with E-state index in [0.717, 1.165) is 82.8 Å². The highest BCUT2D eigenvalue weighted by Crippen LogP contribution is 2.44. The van der Waals surface area contributed by atoms with Crippen LogP contribution in [0.5, 0.6) is 0 Å². The van der Waals surface area contributed by atoms with Crippen molar-refractivity contribution in [3.05, 3.63) is 176 Å². The van der Waals surface area contributed by atoms with E-state index in [4.69, 9.17) is 8.83 Å². The van der Waals surface area contributed by atoms with Crippen molar-refractivity contribution in [2.45, 2.75) is 0 Å². The second kappa shape index (κ2) is 11.0. The van der Waals surface area contributed by atoms with Gasteiger partial charge in [-0.2, -0.15) is 0 Å². The van der Waals surface area contributed by atoms with Crippen molar-refractivity contribution >= 4 is 71.7 Å². The van der Waals surface area contributed by atoms with Crippen molar-refractivity contribution in [2.24, 2.45) is 0 Å². The van der Waals surface area contributed by atoms with Gasteiger partial charge in [-0.25, -0.2) is 0 Å². The maximum absolute atomic E-state index is 6.29. The SMILES string of the molecule is c1ccc(-c2ccc(N(c3cccc(-c4cccc5oc6ccccc6c45)c3)c3cccc4cc5oc6ccccc6c5cc34)cc2)cc1. The molecule has 8 aromatic carbocycles. The largest absolute Gasteiger partial charge is 0.456 e. The van der Waals surface area contributed by atoms with Crippen molar-refractivity contribution in [1.82, 2.24) is 0 Å². The summed E-state index contributed by atoms with van der Waals surface area (Å²) < 4.78 is 12.6. The fourth-order valence-electron chi connectivity index (χ4n) is 7.36. The van der Waals surface area contributed by atoms with Gasteiger partial charge in [0.05, 0.1) is 5.69 Å². The van der Waals surface area contributed by atoms with Crippen LogP contribution < -0.4 is 4.90 Å². The number of nitrogens with zero attached hydrogens (tertiary/aromatic N) is 1. The zero-order valence-electron chi connectivity index (χ0n) is 26.5. The highest BCUT2D eigenvalue weighted by atomic mass is 16.3. The molecule has 0 saturated carbocycles. The molecule has 2 aromatic heterocycles. The highest BCUT2D eigenvalue weighted by Gasteiger charge is 2.19. The standard InChI is InChI=1S/C46H29NO2/c1-2-11-30(12-3-1)31-23-25-34(26-24-31)47(41-19-9-14-33-28-45-40(29-39(33)41)37-16-4-6-20-42(37)49-45)35-15-8-13-32(27-35)36-18-10-22-44-46(36)38-17-5-7-21-43(38)48-44/h1-29H. The zero-order valence-corrected chi connectivity index (χ0v) is 26.5. The van der Waals surface area contributed by atoms with Gasteiger partial charge in [-0.3, -0.25) is 0 Å². The van der Waals surface area contributed by atoms with Crippen molar-refractivity contribution in [3.8, 4) is 22.3 Å². The van der Waals surface area contributed by atoms with E-state index in [9.17, 15) is 0 Å². The number of fused-ring (bicyclic) bond motifs is 7. The van der Waals surface area contributed by atoms with Crippen LogP contribution in [-0.4, -0.2) is 0 Å². The van der Waals surface area contributed by atoms with Crippen LogP contribution in [0.3, 0.4) is 0 Å². The Labute approximate surface area is 282 Å². The van der Waals surface area contributed by atoms with Crippen molar-refractivity contribution in [1.29, 1.82) is 0 Å². The number of para-hydroxylation sites is 2. The molecule has 0 aliphatic rings. The Kier molecular flexibility index (Phi) is 6.18. The average Bonchev–Trinajstić information content (AvgIpc) is 3.73. The van der Waals surface area contributed by atoms with Crippen molar-refractivity contribution in [2.75, 3.05) is 4.90 Å². The molecule has 3 nitrogen and oxygen atoms in total. The lowest BCUT2D eigenvalue weighted by atomic mass is 9.98. The first-order valence-corrected chi connectivity index (χ1v) is 16.6. The lowest BCUT2D eigenvalue weighted by molar-refractivity contribution is 0.669. The van der Waals surface area contributed by atoms with Gasteiger partial charge in [-0.05, 0) is 88.3 Å². The van der Waals surface area contributed by atoms with E-state index in [2.05, 4.69) is 157 Å². The number of hydrogen-bond donors (Lipinski definition) is 0. The van der Waals surface area contributed by atoms with E-state index in [1.165, 1.54) is 11.1 Å². The molecular formula is C46H29NO2. The molecule has 0 spiro atoms. The third kappa shape index (κ3) is 4.51. The Morgan fingerprint density at radius 2 is 1.00 bits per heavy atom. The third-order valence-electron chi connectivity index (χ3n) is 9.65. The molecule has 0 amide bonds. The molecule has 2 heterocycles. The molecule has 0 N–H and O–H groups in total. The number of benzene rings is 8. The van der Waals surface area contributed by atoms with Crippen LogP contribution in [0.25, 0.3) is 76.9 Å². The van der Waals surface area contributed by atoms with Gasteiger partial charge < -0.3 is 13.7 Å². The van der Waals surface area contributed by atoms with Crippen LogP contribution in [0.1, 0.15) is 0 Å². The summed E-state index contributed by atoms with van der Waals surface area (Å²) in [4.78, 5) is 2.38. The Morgan fingerprint density at radius 3 is 1.86 bits per heavy atom. The summed E-state index contributed by atoms with van der Waals surface area (Å²) in [7, 11) is 0. The van der Waals surface area contributed by atoms with Gasteiger partial charge in [-0.15, -0.1) is 0 Å². The molecule has 49 heavy (non-hydrogen) atoms. The average molecular weight is 628 g/mol. The minimum absolute atomic E-state index is 0.892. The van der Waals surface area contributed by atoms with Gasteiger partial charge >= 0.3 is 0 Å². The van der Waals surface area contributed by atoms with Crippen LogP contribution in [0.2, 0.25) is 0 Å². The lowest BCUT2D eigenvalue weighted by Crippen LogP contribution is -2.10. The molecule has 10 rings (SSSR count). The second-order valence-corrected chi connectivity index (χ2v) is 12.5. The summed E-state index contributed by atoms with van der Waals surface area (Å²) >= 11 is 0. The molecule has 0 aliphatic heterocycles. The molecule has 3 heteroatoms. The molecule has 0 atom stereocenters. The van der Waals surface area contributed by atoms with Crippen LogP contribution in [0, 0.1) is 0 Å². The molecule has 0 unspecified atom stereocenters. The summed E-state index contributed by atoms with van der Waals surface area (Å²) in [6.07, 6.45) is 0. The van der Waals surface area contributed by atoms with E-state index < -0.39 is 0 Å². The number of furan rings is 2. The maximum Gasteiger partial charge on any atom is 0.136 e. The summed E-state index contributed by atoms with van der Waals surface area (Å²) in [6, 6.07) is 62.1. The van der Waals surface area contributed by atoms with Crippen LogP contribution in [0.15, 0.2) is 185 Å². The predicted molar refractivity (Wildman–Crippen MR) is 204 cm³/mol. The summed E-state index contributed by atoms with van der Waals surface area (Å²) in [5.74, 6) is 0. The normalized spacial score (nSPS) is 11.7. The van der Waals surface area contributed by atoms with Gasteiger partial charge in [0.2, 0.25) is 0 Å². The number of rotatable bonds is 5. The molecule has 230 valence electrons. The summed E-state index contributed by atoms with van der Waals surface area (Å²) in [6.45, 7) is 0. The van der Waals surface area contributed by atoms with Gasteiger partial charge in [-0.1, -0.05) is 115 Å². The highest BCUT2D eigenvalue weighted by molar-refractivity contribution is 6.14. The molecular weight excluding hydrogens is 599 g/mol. The van der Waals surface area contributed by atoms with Gasteiger partial charge in [0, 0.05) is 38.3 Å². The van der Waals surface area contributed by atoms with E-state index in [1.54, 1.807) is 0 Å². The van der Waals surface area contributed by atoms with Gasteiger partial charge in [0.15, 0.2) is 0 Å². The second-order valence-electron chi connectivity index (χ2n) is 12.5. The Hall–Kier alpha value is -6.58. The first-order valence-electron chi connectivity index (χ1n) is 16.6. The number of anilines is 3. The molecule has 0 bridgehead atoms. The Morgan fingerprint density at radius 1 is 0.347 bits per heavy atom. The van der Waals surface area contributed by atoms with Gasteiger partial charge in [0.25, 0.3) is 0 Å². The minimum Gasteiger partial charge on any atom is -0.456 e. The van der Waals surface area contributed by atoms with E-state index in [1.807, 2.05) is 24.3 Å². The molecule has 0 fully saturated rings. The van der Waals surface area contributed by atoms with Crippen molar-refractivity contribution < 1.29 is 8.83 Å². The van der Waals surface area contributed by atoms with Crippen LogP contribution >= 0.6 is 0 Å². The minimum atomic E-state index is 0.892. The Bertz CT molecular complexity index is 2830. The Balaban J connectivity index is 1.20. The van der Waals surface area contributed by atoms with Crippen molar-refractivity contribution in [3.63, 3.8) is 0 Å². The molecule has 0 aliphatic carbocycles.